The summed E-state index contributed by atoms with van der Waals surface area (Å²) in [5.41, 5.74) is 0.686. The Labute approximate surface area is 104 Å². The molecule has 1 aromatic carbocycles. The Morgan fingerprint density at radius 2 is 2.06 bits per heavy atom. The molecule has 0 bridgehead atoms. The Morgan fingerprint density at radius 1 is 1.39 bits per heavy atom. The maximum absolute atomic E-state index is 11.8. The van der Waals surface area contributed by atoms with Gasteiger partial charge in [-0.2, -0.15) is 0 Å². The lowest BCUT2D eigenvalue weighted by Crippen LogP contribution is -2.24. The monoisotopic (exact) mass is 247 g/mol. The van der Waals surface area contributed by atoms with Gasteiger partial charge in [-0.25, -0.2) is 4.79 Å². The summed E-state index contributed by atoms with van der Waals surface area (Å²) in [5.74, 6) is -1.91. The van der Waals surface area contributed by atoms with Gasteiger partial charge in [0.05, 0.1) is 12.6 Å². The van der Waals surface area contributed by atoms with Crippen LogP contribution in [0, 0.1) is 0 Å². The Bertz CT molecular complexity index is 507. The van der Waals surface area contributed by atoms with Gasteiger partial charge in [0, 0.05) is 0 Å². The number of nitrogens with one attached hydrogen (secondary N) is 1. The molecule has 0 fully saturated rings. The molecule has 1 amide bonds. The minimum atomic E-state index is -0.679. The number of hydrogen-bond acceptors (Lipinski definition) is 4. The fourth-order valence-corrected chi connectivity index (χ4v) is 1.85. The van der Waals surface area contributed by atoms with Gasteiger partial charge in [-0.05, 0) is 12.5 Å². The van der Waals surface area contributed by atoms with Crippen molar-refractivity contribution in [3.63, 3.8) is 0 Å². The van der Waals surface area contributed by atoms with Crippen molar-refractivity contribution in [2.45, 2.75) is 13.0 Å². The molecule has 1 heterocycles. The molecule has 1 atom stereocenters. The van der Waals surface area contributed by atoms with Crippen LogP contribution in [0.25, 0.3) is 0 Å². The zero-order valence-electron chi connectivity index (χ0n) is 9.84. The summed E-state index contributed by atoms with van der Waals surface area (Å²) in [7, 11) is 0. The van der Waals surface area contributed by atoms with Crippen LogP contribution in [0.15, 0.2) is 41.7 Å². The van der Waals surface area contributed by atoms with E-state index in [9.17, 15) is 14.7 Å². The zero-order valence-corrected chi connectivity index (χ0v) is 9.84. The van der Waals surface area contributed by atoms with E-state index in [1.54, 1.807) is 31.2 Å². The predicted molar refractivity (Wildman–Crippen MR) is 63.6 cm³/mol. The summed E-state index contributed by atoms with van der Waals surface area (Å²) in [6.07, 6.45) is 0. The minimum absolute atomic E-state index is 0.0342. The topological polar surface area (TPSA) is 75.6 Å². The average Bonchev–Trinajstić information content (AvgIpc) is 2.67. The fraction of sp³-hybridized carbons (Fsp3) is 0.231. The summed E-state index contributed by atoms with van der Waals surface area (Å²) < 4.78 is 4.85. The molecule has 18 heavy (non-hydrogen) atoms. The van der Waals surface area contributed by atoms with E-state index in [-0.39, 0.29) is 12.2 Å². The highest BCUT2D eigenvalue weighted by molar-refractivity contribution is 6.06. The minimum Gasteiger partial charge on any atom is -0.503 e. The summed E-state index contributed by atoms with van der Waals surface area (Å²) in [5, 5.41) is 12.2. The molecule has 1 aliphatic heterocycles. The molecule has 1 aliphatic rings. The molecular weight excluding hydrogens is 234 g/mol. The second kappa shape index (κ2) is 4.91. The number of esters is 1. The second-order valence-corrected chi connectivity index (χ2v) is 3.80. The van der Waals surface area contributed by atoms with Crippen LogP contribution < -0.4 is 5.32 Å². The highest BCUT2D eigenvalue weighted by atomic mass is 16.5. The molecule has 0 aliphatic carbocycles. The highest BCUT2D eigenvalue weighted by Gasteiger charge is 2.37. The quantitative estimate of drug-likeness (QED) is 0.788. The lowest BCUT2D eigenvalue weighted by Gasteiger charge is -2.13. The van der Waals surface area contributed by atoms with Crippen LogP contribution >= 0.6 is 0 Å². The van der Waals surface area contributed by atoms with E-state index in [2.05, 4.69) is 5.32 Å². The summed E-state index contributed by atoms with van der Waals surface area (Å²) in [4.78, 5) is 23.2. The second-order valence-electron chi connectivity index (χ2n) is 3.80. The van der Waals surface area contributed by atoms with Crippen molar-refractivity contribution in [1.29, 1.82) is 0 Å². The lowest BCUT2D eigenvalue weighted by molar-refractivity contribution is -0.139. The van der Waals surface area contributed by atoms with E-state index in [1.807, 2.05) is 6.07 Å². The SMILES string of the molecule is CCOC(=O)C1=C(O)C(=O)N[C@@H]1c1ccccc1. The first-order chi connectivity index (χ1) is 8.65. The number of benzene rings is 1. The molecule has 1 aromatic rings. The molecule has 0 spiro atoms. The fourth-order valence-electron chi connectivity index (χ4n) is 1.85. The third kappa shape index (κ3) is 2.07. The van der Waals surface area contributed by atoms with Gasteiger partial charge in [0.2, 0.25) is 0 Å². The molecule has 2 rings (SSSR count). The van der Waals surface area contributed by atoms with E-state index in [0.29, 0.717) is 0 Å². The van der Waals surface area contributed by atoms with Crippen LogP contribution in [0.2, 0.25) is 0 Å². The van der Waals surface area contributed by atoms with Crippen molar-refractivity contribution in [3.8, 4) is 0 Å². The van der Waals surface area contributed by atoms with Gasteiger partial charge in [0.25, 0.3) is 5.91 Å². The Hall–Kier alpha value is -2.30. The normalized spacial score (nSPS) is 18.7. The number of amides is 1. The Kier molecular flexibility index (Phi) is 3.32. The first kappa shape index (κ1) is 12.2. The molecule has 0 radical (unpaired) electrons. The third-order valence-corrected chi connectivity index (χ3v) is 2.66. The molecular formula is C13H13NO4. The van der Waals surface area contributed by atoms with E-state index < -0.39 is 23.7 Å². The molecule has 94 valence electrons. The van der Waals surface area contributed by atoms with Gasteiger partial charge in [-0.3, -0.25) is 4.79 Å². The average molecular weight is 247 g/mol. The smallest absolute Gasteiger partial charge is 0.340 e. The van der Waals surface area contributed by atoms with Gasteiger partial charge in [0.15, 0.2) is 5.76 Å². The van der Waals surface area contributed by atoms with Crippen LogP contribution in [-0.2, 0) is 14.3 Å². The zero-order chi connectivity index (χ0) is 13.1. The van der Waals surface area contributed by atoms with E-state index in [1.165, 1.54) is 0 Å². The lowest BCUT2D eigenvalue weighted by atomic mass is 10.0. The highest BCUT2D eigenvalue weighted by Crippen LogP contribution is 2.29. The molecule has 0 saturated heterocycles. The van der Waals surface area contributed by atoms with Crippen LogP contribution in [0.1, 0.15) is 18.5 Å². The van der Waals surface area contributed by atoms with Crippen molar-refractivity contribution < 1.29 is 19.4 Å². The third-order valence-electron chi connectivity index (χ3n) is 2.66. The maximum atomic E-state index is 11.8. The van der Waals surface area contributed by atoms with Crippen molar-refractivity contribution in [2.75, 3.05) is 6.61 Å². The van der Waals surface area contributed by atoms with Gasteiger partial charge < -0.3 is 15.2 Å². The maximum Gasteiger partial charge on any atom is 0.340 e. The molecule has 5 nitrogen and oxygen atoms in total. The number of rotatable bonds is 3. The molecule has 2 N–H and O–H groups in total. The molecule has 0 aromatic heterocycles. The Morgan fingerprint density at radius 3 is 2.67 bits per heavy atom. The van der Waals surface area contributed by atoms with Crippen molar-refractivity contribution in [3.05, 3.63) is 47.2 Å². The number of carbonyl (C=O) groups excluding carboxylic acids is 2. The number of aliphatic hydroxyl groups is 1. The first-order valence-corrected chi connectivity index (χ1v) is 5.61. The van der Waals surface area contributed by atoms with Crippen LogP contribution in [0.5, 0.6) is 0 Å². The summed E-state index contributed by atoms with van der Waals surface area (Å²) >= 11 is 0. The van der Waals surface area contributed by atoms with Gasteiger partial charge in [-0.15, -0.1) is 0 Å². The van der Waals surface area contributed by atoms with Crippen LogP contribution in [0.4, 0.5) is 0 Å². The first-order valence-electron chi connectivity index (χ1n) is 5.61. The summed E-state index contributed by atoms with van der Waals surface area (Å²) in [6, 6.07) is 8.29. The summed E-state index contributed by atoms with van der Waals surface area (Å²) in [6.45, 7) is 1.85. The molecule has 0 saturated carbocycles. The molecule has 0 unspecified atom stereocenters. The van der Waals surface area contributed by atoms with E-state index in [4.69, 9.17) is 4.74 Å². The van der Waals surface area contributed by atoms with Crippen molar-refractivity contribution in [2.24, 2.45) is 0 Å². The van der Waals surface area contributed by atoms with Gasteiger partial charge in [-0.1, -0.05) is 30.3 Å². The number of hydrogen-bond donors (Lipinski definition) is 2. The van der Waals surface area contributed by atoms with Gasteiger partial charge in [0.1, 0.15) is 5.57 Å². The number of carbonyl (C=O) groups is 2. The Balaban J connectivity index is 2.38. The van der Waals surface area contributed by atoms with Crippen molar-refractivity contribution in [1.82, 2.24) is 5.32 Å². The van der Waals surface area contributed by atoms with Crippen LogP contribution in [0.3, 0.4) is 0 Å². The van der Waals surface area contributed by atoms with Crippen molar-refractivity contribution >= 4 is 11.9 Å². The van der Waals surface area contributed by atoms with E-state index in [0.717, 1.165) is 5.56 Å². The largest absolute Gasteiger partial charge is 0.503 e. The number of ether oxygens (including phenoxy) is 1. The predicted octanol–water partition coefficient (Wildman–Crippen LogP) is 1.23. The molecule has 5 heteroatoms. The van der Waals surface area contributed by atoms with Crippen LogP contribution in [-0.4, -0.2) is 23.6 Å². The van der Waals surface area contributed by atoms with E-state index >= 15 is 0 Å². The number of aliphatic hydroxyl groups excluding tert-OH is 1. The standard InChI is InChI=1S/C13H13NO4/c1-2-18-13(17)9-10(14-12(16)11(9)15)8-6-4-3-5-7-8/h3-7,10,15H,2H2,1H3,(H,14,16)/t10-/m1/s1. The van der Waals surface area contributed by atoms with Gasteiger partial charge >= 0.3 is 5.97 Å².